The first-order chi connectivity index (χ1) is 20.8. The molecule has 225 valence electrons. The quantitative estimate of drug-likeness (QED) is 0.326. The van der Waals surface area contributed by atoms with E-state index in [2.05, 4.69) is 5.32 Å². The zero-order chi connectivity index (χ0) is 30.4. The number of nitrogens with zero attached hydrogens (tertiary/aromatic N) is 3. The van der Waals surface area contributed by atoms with Crippen LogP contribution in [0.1, 0.15) is 24.0 Å². The van der Waals surface area contributed by atoms with Gasteiger partial charge in [0.15, 0.2) is 6.17 Å². The molecule has 3 aromatic rings. The SMILES string of the molecule is NC(=O)[C@H]1N(CCNCCc2cccc(F)c2)C(=O)C2(CCN(C(=O)[CH]Cc3ccc(Cl)cc3)CC2)N1c1ccccc1. The van der Waals surface area contributed by atoms with E-state index in [0.29, 0.717) is 56.9 Å². The molecule has 2 aliphatic heterocycles. The molecule has 1 spiro atoms. The molecule has 2 aliphatic rings. The maximum atomic E-state index is 14.2. The third-order valence-corrected chi connectivity index (χ3v) is 8.54. The number of amides is 3. The molecule has 43 heavy (non-hydrogen) atoms. The van der Waals surface area contributed by atoms with Gasteiger partial charge in [-0.3, -0.25) is 14.4 Å². The summed E-state index contributed by atoms with van der Waals surface area (Å²) in [7, 11) is 0. The normalized spacial score (nSPS) is 18.0. The molecule has 0 bridgehead atoms. The van der Waals surface area contributed by atoms with Crippen molar-refractivity contribution in [2.45, 2.75) is 37.4 Å². The lowest BCUT2D eigenvalue weighted by Crippen LogP contribution is -2.59. The number of primary amides is 1. The van der Waals surface area contributed by atoms with E-state index in [-0.39, 0.29) is 24.2 Å². The zero-order valence-electron chi connectivity index (χ0n) is 23.9. The molecule has 3 aromatic carbocycles. The molecule has 10 heteroatoms. The Morgan fingerprint density at radius 3 is 2.37 bits per heavy atom. The number of nitrogens with two attached hydrogens (primary N) is 1. The van der Waals surface area contributed by atoms with Crippen molar-refractivity contribution in [3.63, 3.8) is 0 Å². The minimum Gasteiger partial charge on any atom is -0.366 e. The lowest BCUT2D eigenvalue weighted by atomic mass is 9.85. The molecule has 5 rings (SSSR count). The van der Waals surface area contributed by atoms with Gasteiger partial charge < -0.3 is 25.8 Å². The number of hydrogen-bond donors (Lipinski definition) is 2. The first-order valence-corrected chi connectivity index (χ1v) is 14.9. The van der Waals surface area contributed by atoms with Crippen molar-refractivity contribution in [3.8, 4) is 0 Å². The number of halogens is 2. The average molecular weight is 605 g/mol. The third kappa shape index (κ3) is 6.84. The van der Waals surface area contributed by atoms with Crippen molar-refractivity contribution >= 4 is 35.0 Å². The van der Waals surface area contributed by atoms with Gasteiger partial charge in [-0.1, -0.05) is 54.1 Å². The monoisotopic (exact) mass is 604 g/mol. The average Bonchev–Trinajstić information content (AvgIpc) is 3.24. The van der Waals surface area contributed by atoms with E-state index in [1.54, 1.807) is 34.4 Å². The lowest BCUT2D eigenvalue weighted by molar-refractivity contribution is -0.139. The number of piperidine rings is 1. The van der Waals surface area contributed by atoms with Crippen LogP contribution in [0.15, 0.2) is 78.9 Å². The molecule has 1 atom stereocenters. The molecular formula is C33H36ClFN5O3. The van der Waals surface area contributed by atoms with Gasteiger partial charge in [0.1, 0.15) is 11.4 Å². The van der Waals surface area contributed by atoms with Gasteiger partial charge in [0.25, 0.3) is 11.8 Å². The molecule has 0 aliphatic carbocycles. The van der Waals surface area contributed by atoms with E-state index in [1.165, 1.54) is 12.1 Å². The van der Waals surface area contributed by atoms with Crippen molar-refractivity contribution in [3.05, 3.63) is 107 Å². The summed E-state index contributed by atoms with van der Waals surface area (Å²) in [6.45, 7) is 2.04. The smallest absolute Gasteiger partial charge is 0.261 e. The molecule has 3 amide bonds. The first-order valence-electron chi connectivity index (χ1n) is 14.5. The van der Waals surface area contributed by atoms with E-state index in [1.807, 2.05) is 53.4 Å². The van der Waals surface area contributed by atoms with E-state index in [9.17, 15) is 18.8 Å². The Morgan fingerprint density at radius 2 is 1.70 bits per heavy atom. The number of benzene rings is 3. The maximum absolute atomic E-state index is 14.2. The van der Waals surface area contributed by atoms with Gasteiger partial charge in [0, 0.05) is 36.9 Å². The topological polar surface area (TPSA) is 99.0 Å². The number of likely N-dealkylation sites (tertiary alicyclic amines) is 1. The number of anilines is 1. The van der Waals surface area contributed by atoms with Gasteiger partial charge in [0.2, 0.25) is 5.91 Å². The van der Waals surface area contributed by atoms with Crippen LogP contribution in [0.4, 0.5) is 10.1 Å². The van der Waals surface area contributed by atoms with Crippen molar-refractivity contribution < 1.29 is 18.8 Å². The van der Waals surface area contributed by atoms with Gasteiger partial charge in [-0.2, -0.15) is 0 Å². The van der Waals surface area contributed by atoms with Crippen molar-refractivity contribution in [2.24, 2.45) is 5.73 Å². The van der Waals surface area contributed by atoms with E-state index < -0.39 is 17.6 Å². The van der Waals surface area contributed by atoms with Crippen LogP contribution in [0.3, 0.4) is 0 Å². The second-order valence-electron chi connectivity index (χ2n) is 11.0. The Labute approximate surface area is 256 Å². The van der Waals surface area contributed by atoms with Crippen LogP contribution in [-0.4, -0.2) is 71.9 Å². The van der Waals surface area contributed by atoms with Crippen LogP contribution in [-0.2, 0) is 27.2 Å². The molecule has 2 fully saturated rings. The van der Waals surface area contributed by atoms with Gasteiger partial charge in [0.05, 0.1) is 6.42 Å². The fourth-order valence-electron chi connectivity index (χ4n) is 6.09. The number of rotatable bonds is 11. The van der Waals surface area contributed by atoms with E-state index >= 15 is 0 Å². The zero-order valence-corrected chi connectivity index (χ0v) is 24.7. The van der Waals surface area contributed by atoms with Crippen molar-refractivity contribution in [1.82, 2.24) is 15.1 Å². The third-order valence-electron chi connectivity index (χ3n) is 8.29. The summed E-state index contributed by atoms with van der Waals surface area (Å²) in [5.74, 6) is -1.14. The molecule has 1 radical (unpaired) electrons. The summed E-state index contributed by atoms with van der Waals surface area (Å²) in [6.07, 6.45) is 2.54. The summed E-state index contributed by atoms with van der Waals surface area (Å²) in [5.41, 5.74) is 7.55. The minimum absolute atomic E-state index is 0.0905. The highest BCUT2D eigenvalue weighted by Gasteiger charge is 2.60. The van der Waals surface area contributed by atoms with E-state index in [4.69, 9.17) is 17.3 Å². The number of para-hydroxylation sites is 1. The van der Waals surface area contributed by atoms with Crippen LogP contribution < -0.4 is 16.0 Å². The van der Waals surface area contributed by atoms with Crippen LogP contribution in [0, 0.1) is 12.2 Å². The number of carbonyl (C=O) groups excluding carboxylic acids is 3. The van der Waals surface area contributed by atoms with Gasteiger partial charge >= 0.3 is 0 Å². The van der Waals surface area contributed by atoms with Gasteiger partial charge in [-0.05, 0) is 79.8 Å². The Balaban J connectivity index is 1.27. The minimum atomic E-state index is -1.00. The maximum Gasteiger partial charge on any atom is 0.261 e. The summed E-state index contributed by atoms with van der Waals surface area (Å²) in [4.78, 5) is 45.4. The molecule has 2 saturated heterocycles. The second kappa shape index (κ2) is 13.6. The molecular weight excluding hydrogens is 569 g/mol. The highest BCUT2D eigenvalue weighted by atomic mass is 35.5. The van der Waals surface area contributed by atoms with Gasteiger partial charge in [-0.15, -0.1) is 0 Å². The molecule has 3 N–H and O–H groups in total. The summed E-state index contributed by atoms with van der Waals surface area (Å²) in [6, 6.07) is 23.2. The number of hydrogen-bond acceptors (Lipinski definition) is 5. The number of carbonyl (C=O) groups is 3. The summed E-state index contributed by atoms with van der Waals surface area (Å²) < 4.78 is 13.5. The summed E-state index contributed by atoms with van der Waals surface area (Å²) >= 11 is 5.97. The largest absolute Gasteiger partial charge is 0.366 e. The van der Waals surface area contributed by atoms with Crippen LogP contribution in [0.5, 0.6) is 0 Å². The Morgan fingerprint density at radius 1 is 0.977 bits per heavy atom. The fourth-order valence-corrected chi connectivity index (χ4v) is 6.22. The van der Waals surface area contributed by atoms with Crippen LogP contribution in [0.2, 0.25) is 5.02 Å². The predicted molar refractivity (Wildman–Crippen MR) is 165 cm³/mol. The Bertz CT molecular complexity index is 1430. The first kappa shape index (κ1) is 30.5. The highest BCUT2D eigenvalue weighted by Crippen LogP contribution is 2.42. The standard InChI is InChI=1S/C33H36ClFN5O3/c34-26-12-9-24(10-13-26)11-14-29(41)38-20-16-33(17-21-38)32(43)39(22-19-37-18-15-25-5-4-6-27(35)23-25)31(30(36)42)40(33)28-7-2-1-3-8-28/h1-10,12-14,23,31,37H,11,15-22H2,(H2,36,42)/t31-/m0/s1. The fraction of sp³-hybridized carbons (Fsp3) is 0.333. The molecule has 8 nitrogen and oxygen atoms in total. The summed E-state index contributed by atoms with van der Waals surface area (Å²) in [5, 5.41) is 3.95. The van der Waals surface area contributed by atoms with Gasteiger partial charge in [-0.25, -0.2) is 4.39 Å². The molecule has 0 aromatic heterocycles. The molecule has 2 heterocycles. The predicted octanol–water partition coefficient (Wildman–Crippen LogP) is 3.58. The lowest BCUT2D eigenvalue weighted by Gasteiger charge is -2.44. The highest BCUT2D eigenvalue weighted by molar-refractivity contribution is 6.30. The molecule has 0 saturated carbocycles. The number of nitrogens with one attached hydrogen (secondary N) is 1. The Hall–Kier alpha value is -3.95. The molecule has 0 unspecified atom stereocenters. The van der Waals surface area contributed by atoms with Crippen LogP contribution in [0.25, 0.3) is 0 Å². The Kier molecular flexibility index (Phi) is 9.62. The van der Waals surface area contributed by atoms with E-state index in [0.717, 1.165) is 16.8 Å². The van der Waals surface area contributed by atoms with Crippen molar-refractivity contribution in [1.29, 1.82) is 0 Å². The van der Waals surface area contributed by atoms with Crippen LogP contribution >= 0.6 is 11.6 Å². The van der Waals surface area contributed by atoms with Crippen molar-refractivity contribution in [2.75, 3.05) is 37.6 Å². The second-order valence-corrected chi connectivity index (χ2v) is 11.4.